The van der Waals surface area contributed by atoms with Gasteiger partial charge in [-0.05, 0) is 30.0 Å². The summed E-state index contributed by atoms with van der Waals surface area (Å²) in [6, 6.07) is 12.5. The molecule has 1 atom stereocenters. The van der Waals surface area contributed by atoms with Gasteiger partial charge in [0.15, 0.2) is 11.7 Å². The fourth-order valence-corrected chi connectivity index (χ4v) is 3.22. The van der Waals surface area contributed by atoms with Crippen molar-refractivity contribution in [1.29, 1.82) is 0 Å². The summed E-state index contributed by atoms with van der Waals surface area (Å²) in [5.41, 5.74) is 3.15. The van der Waals surface area contributed by atoms with Crippen LogP contribution < -0.4 is 10.6 Å². The third-order valence-electron chi connectivity index (χ3n) is 4.32. The number of anilines is 1. The van der Waals surface area contributed by atoms with Gasteiger partial charge < -0.3 is 10.6 Å². The van der Waals surface area contributed by atoms with E-state index >= 15 is 0 Å². The smallest absolute Gasteiger partial charge is 0.279 e. The molecule has 3 N–H and O–H groups in total. The number of carbonyl (C=O) groups is 1. The fourth-order valence-electron chi connectivity index (χ4n) is 3.06. The van der Waals surface area contributed by atoms with Crippen LogP contribution in [0.4, 0.5) is 5.69 Å². The van der Waals surface area contributed by atoms with Crippen LogP contribution >= 0.6 is 11.6 Å². The Labute approximate surface area is 161 Å². The molecule has 1 heterocycles. The van der Waals surface area contributed by atoms with E-state index in [9.17, 15) is 4.79 Å². The lowest BCUT2D eigenvalue weighted by molar-refractivity contribution is -0.692. The minimum Gasteiger partial charge on any atom is -0.332 e. The molecule has 0 bridgehead atoms. The first-order valence-corrected chi connectivity index (χ1v) is 9.57. The van der Waals surface area contributed by atoms with E-state index in [-0.39, 0.29) is 11.9 Å². The second-order valence-electron chi connectivity index (χ2n) is 7.44. The van der Waals surface area contributed by atoms with Crippen LogP contribution in [-0.4, -0.2) is 17.4 Å². The van der Waals surface area contributed by atoms with Crippen LogP contribution in [0.15, 0.2) is 42.6 Å². The van der Waals surface area contributed by atoms with Crippen LogP contribution in [0.5, 0.6) is 0 Å². The maximum absolute atomic E-state index is 12.3. The summed E-state index contributed by atoms with van der Waals surface area (Å²) < 4.78 is 0. The number of nitrogens with zero attached hydrogens (tertiary/aromatic N) is 1. The molecule has 1 aromatic heterocycles. The Kier molecular flexibility index (Phi) is 7.61. The van der Waals surface area contributed by atoms with Crippen molar-refractivity contribution in [1.82, 2.24) is 4.98 Å². The number of aromatic nitrogens is 1. The van der Waals surface area contributed by atoms with Gasteiger partial charge in [-0.15, -0.1) is 0 Å². The molecule has 0 saturated heterocycles. The van der Waals surface area contributed by atoms with Crippen LogP contribution in [-0.2, 0) is 11.2 Å². The molecular formula is C21H29ClN3O+. The zero-order valence-corrected chi connectivity index (χ0v) is 16.8. The standard InChI is InChI=1S/C21H28ClN3O/c1-14(2)12-16-7-9-17(10-8-16)20(15(3)4)24-13-19(26)25-18-6-5-11-23-21(18)22/h5-11,14-15,20,24H,12-13H2,1-4H3,(H,25,26)/p+1/t20-/m1/s1. The number of benzene rings is 1. The first-order valence-electron chi connectivity index (χ1n) is 9.19. The zero-order chi connectivity index (χ0) is 19.1. The topological polar surface area (TPSA) is 58.6 Å². The maximum Gasteiger partial charge on any atom is 0.279 e. The number of halogens is 1. The van der Waals surface area contributed by atoms with Crippen LogP contribution in [0, 0.1) is 11.8 Å². The number of nitrogens with one attached hydrogen (secondary N) is 1. The van der Waals surface area contributed by atoms with Crippen molar-refractivity contribution in [2.24, 2.45) is 11.8 Å². The number of carbonyl (C=O) groups excluding carboxylic acids is 1. The second-order valence-corrected chi connectivity index (χ2v) is 7.80. The largest absolute Gasteiger partial charge is 0.332 e. The van der Waals surface area contributed by atoms with Crippen molar-refractivity contribution < 1.29 is 10.1 Å². The summed E-state index contributed by atoms with van der Waals surface area (Å²) in [6.45, 7) is 9.15. The van der Waals surface area contributed by atoms with Crippen molar-refractivity contribution >= 4 is 23.2 Å². The average molecular weight is 375 g/mol. The summed E-state index contributed by atoms with van der Waals surface area (Å²) in [5.74, 6) is 0.985. The molecule has 1 amide bonds. The summed E-state index contributed by atoms with van der Waals surface area (Å²) in [7, 11) is 0. The van der Waals surface area contributed by atoms with E-state index < -0.39 is 0 Å². The molecule has 2 aromatic rings. The summed E-state index contributed by atoms with van der Waals surface area (Å²) in [4.78, 5) is 16.2. The van der Waals surface area contributed by atoms with Gasteiger partial charge in [-0.3, -0.25) is 4.79 Å². The lowest BCUT2D eigenvalue weighted by atomic mass is 9.94. The van der Waals surface area contributed by atoms with Crippen molar-refractivity contribution in [2.45, 2.75) is 40.2 Å². The van der Waals surface area contributed by atoms with E-state index in [2.05, 4.69) is 67.6 Å². The Morgan fingerprint density at radius 1 is 1.15 bits per heavy atom. The predicted molar refractivity (Wildman–Crippen MR) is 107 cm³/mol. The van der Waals surface area contributed by atoms with E-state index in [0.717, 1.165) is 6.42 Å². The quantitative estimate of drug-likeness (QED) is 0.690. The third-order valence-corrected chi connectivity index (χ3v) is 4.62. The highest BCUT2D eigenvalue weighted by molar-refractivity contribution is 6.32. The number of hydrogen-bond acceptors (Lipinski definition) is 2. The number of hydrogen-bond donors (Lipinski definition) is 2. The molecule has 0 aliphatic rings. The number of quaternary nitrogens is 1. The molecule has 0 unspecified atom stereocenters. The highest BCUT2D eigenvalue weighted by Crippen LogP contribution is 2.20. The molecule has 5 heteroatoms. The van der Waals surface area contributed by atoms with E-state index in [1.807, 2.05) is 0 Å². The average Bonchev–Trinajstić information content (AvgIpc) is 2.58. The van der Waals surface area contributed by atoms with Gasteiger partial charge in [0.25, 0.3) is 5.91 Å². The Morgan fingerprint density at radius 3 is 2.42 bits per heavy atom. The Morgan fingerprint density at radius 2 is 1.85 bits per heavy atom. The molecule has 140 valence electrons. The van der Waals surface area contributed by atoms with Crippen molar-refractivity contribution in [3.05, 3.63) is 58.9 Å². The third kappa shape index (κ3) is 6.11. The highest BCUT2D eigenvalue weighted by Gasteiger charge is 2.20. The van der Waals surface area contributed by atoms with E-state index in [1.165, 1.54) is 11.1 Å². The fraction of sp³-hybridized carbons (Fsp3) is 0.429. The first kappa shape index (κ1) is 20.4. The van der Waals surface area contributed by atoms with E-state index in [4.69, 9.17) is 11.6 Å². The molecule has 0 fully saturated rings. The molecule has 0 aliphatic heterocycles. The summed E-state index contributed by atoms with van der Waals surface area (Å²) in [5, 5.41) is 5.21. The van der Waals surface area contributed by atoms with Crippen molar-refractivity contribution in [3.63, 3.8) is 0 Å². The van der Waals surface area contributed by atoms with Gasteiger partial charge in [0.05, 0.1) is 5.69 Å². The summed E-state index contributed by atoms with van der Waals surface area (Å²) >= 11 is 5.99. The number of pyridine rings is 1. The van der Waals surface area contributed by atoms with E-state index in [1.54, 1.807) is 18.3 Å². The molecule has 4 nitrogen and oxygen atoms in total. The lowest BCUT2D eigenvalue weighted by Gasteiger charge is -2.20. The van der Waals surface area contributed by atoms with Gasteiger partial charge in [0.1, 0.15) is 6.04 Å². The Hall–Kier alpha value is -1.91. The number of rotatable bonds is 8. The van der Waals surface area contributed by atoms with E-state index in [0.29, 0.717) is 29.2 Å². The Bertz CT molecular complexity index is 713. The van der Waals surface area contributed by atoms with Crippen LogP contribution in [0.1, 0.15) is 44.9 Å². The molecule has 0 saturated carbocycles. The van der Waals surface area contributed by atoms with Crippen molar-refractivity contribution in [2.75, 3.05) is 11.9 Å². The predicted octanol–water partition coefficient (Wildman–Crippen LogP) is 3.83. The van der Waals surface area contributed by atoms with Gasteiger partial charge in [0, 0.05) is 17.7 Å². The first-order chi connectivity index (χ1) is 12.4. The van der Waals surface area contributed by atoms with Crippen LogP contribution in [0.2, 0.25) is 5.15 Å². The second kappa shape index (κ2) is 9.70. The monoisotopic (exact) mass is 374 g/mol. The van der Waals surface area contributed by atoms with Crippen molar-refractivity contribution in [3.8, 4) is 0 Å². The van der Waals surface area contributed by atoms with Gasteiger partial charge in [0.2, 0.25) is 0 Å². The number of amides is 1. The SMILES string of the molecule is CC(C)Cc1ccc([C@H]([NH2+]CC(=O)Nc2cccnc2Cl)C(C)C)cc1. The minimum absolute atomic E-state index is 0.0815. The lowest BCUT2D eigenvalue weighted by Crippen LogP contribution is -2.88. The Balaban J connectivity index is 1.97. The molecular weight excluding hydrogens is 346 g/mol. The minimum atomic E-state index is -0.0815. The van der Waals surface area contributed by atoms with Gasteiger partial charge in [-0.1, -0.05) is 63.6 Å². The zero-order valence-electron chi connectivity index (χ0n) is 16.0. The molecule has 0 radical (unpaired) electrons. The normalized spacial score (nSPS) is 12.4. The van der Waals surface area contributed by atoms with Gasteiger partial charge in [-0.2, -0.15) is 0 Å². The molecule has 2 rings (SSSR count). The summed E-state index contributed by atoms with van der Waals surface area (Å²) in [6.07, 6.45) is 2.69. The highest BCUT2D eigenvalue weighted by atomic mass is 35.5. The molecule has 26 heavy (non-hydrogen) atoms. The van der Waals surface area contributed by atoms with Crippen LogP contribution in [0.25, 0.3) is 0 Å². The molecule has 0 aliphatic carbocycles. The van der Waals surface area contributed by atoms with Gasteiger partial charge >= 0.3 is 0 Å². The van der Waals surface area contributed by atoms with Gasteiger partial charge in [-0.25, -0.2) is 4.98 Å². The maximum atomic E-state index is 12.3. The molecule has 1 aromatic carbocycles. The number of nitrogens with two attached hydrogens (primary N) is 1. The molecule has 0 spiro atoms. The van der Waals surface area contributed by atoms with Crippen LogP contribution in [0.3, 0.4) is 0 Å².